The number of rotatable bonds is 8. The Kier molecular flexibility index (Phi) is 7.05. The molecule has 1 unspecified atom stereocenters. The zero-order valence-corrected chi connectivity index (χ0v) is 14.1. The summed E-state index contributed by atoms with van der Waals surface area (Å²) in [6, 6.07) is 9.18. The maximum absolute atomic E-state index is 13.1. The van der Waals surface area contributed by atoms with Crippen LogP contribution >= 0.6 is 7.67 Å². The molecule has 1 atom stereocenters. The lowest BCUT2D eigenvalue weighted by molar-refractivity contribution is -0.121. The van der Waals surface area contributed by atoms with Crippen molar-refractivity contribution < 1.29 is 13.9 Å². The van der Waals surface area contributed by atoms with Gasteiger partial charge in [0.25, 0.3) is 0 Å². The Morgan fingerprint density at radius 2 is 1.91 bits per heavy atom. The van der Waals surface area contributed by atoms with Crippen LogP contribution in [0.25, 0.3) is 0 Å². The van der Waals surface area contributed by atoms with Gasteiger partial charge in [-0.05, 0) is 25.0 Å². The fourth-order valence-electron chi connectivity index (χ4n) is 2.59. The van der Waals surface area contributed by atoms with E-state index in [4.69, 9.17) is 10.4 Å². The molecule has 0 heterocycles. The number of nitrogens with one attached hydrogen (secondary N) is 3. The molecular weight excluding hydrogens is 315 g/mol. The van der Waals surface area contributed by atoms with Crippen molar-refractivity contribution in [3.05, 3.63) is 30.3 Å². The van der Waals surface area contributed by atoms with Crippen molar-refractivity contribution in [2.24, 2.45) is 5.84 Å². The highest BCUT2D eigenvalue weighted by Gasteiger charge is 2.29. The van der Waals surface area contributed by atoms with Crippen LogP contribution in [-0.2, 0) is 9.36 Å². The summed E-state index contributed by atoms with van der Waals surface area (Å²) in [7, 11) is -3.30. The predicted molar refractivity (Wildman–Crippen MR) is 89.6 cm³/mol. The molecule has 8 heteroatoms. The Hall–Kier alpha value is -1.40. The van der Waals surface area contributed by atoms with Gasteiger partial charge in [-0.15, -0.1) is 0 Å². The fraction of sp³-hybridized carbons (Fsp3) is 0.533. The molecule has 0 radical (unpaired) electrons. The summed E-state index contributed by atoms with van der Waals surface area (Å²) in [6.45, 7) is 0.215. The molecule has 0 bridgehead atoms. The molecule has 7 nitrogen and oxygen atoms in total. The lowest BCUT2D eigenvalue weighted by Crippen LogP contribution is -2.37. The summed E-state index contributed by atoms with van der Waals surface area (Å²) in [5.41, 5.74) is 2.05. The normalized spacial score (nSPS) is 18.1. The van der Waals surface area contributed by atoms with E-state index in [0.717, 1.165) is 25.7 Å². The highest BCUT2D eigenvalue weighted by molar-refractivity contribution is 7.55. The summed E-state index contributed by atoms with van der Waals surface area (Å²) >= 11 is 0. The molecular formula is C15H25N4O3P. The molecule has 5 N–H and O–H groups in total. The van der Waals surface area contributed by atoms with Gasteiger partial charge < -0.3 is 4.52 Å². The van der Waals surface area contributed by atoms with Crippen LogP contribution in [0.15, 0.2) is 30.3 Å². The maximum Gasteiger partial charge on any atom is 0.390 e. The van der Waals surface area contributed by atoms with Crippen LogP contribution in [-0.4, -0.2) is 18.5 Å². The van der Waals surface area contributed by atoms with Crippen LogP contribution in [0.1, 0.15) is 38.5 Å². The summed E-state index contributed by atoms with van der Waals surface area (Å²) in [5, 5.41) is 5.99. The lowest BCUT2D eigenvalue weighted by atomic mass is 9.96. The van der Waals surface area contributed by atoms with E-state index in [2.05, 4.69) is 15.6 Å². The van der Waals surface area contributed by atoms with Gasteiger partial charge >= 0.3 is 7.67 Å². The molecule has 1 saturated carbocycles. The number of para-hydroxylation sites is 1. The Morgan fingerprint density at radius 3 is 2.57 bits per heavy atom. The molecule has 0 saturated heterocycles. The molecule has 1 aromatic carbocycles. The quantitative estimate of drug-likeness (QED) is 0.250. The molecule has 1 fully saturated rings. The van der Waals surface area contributed by atoms with Crippen molar-refractivity contribution in [2.45, 2.75) is 44.6 Å². The van der Waals surface area contributed by atoms with E-state index < -0.39 is 7.67 Å². The number of benzene rings is 1. The minimum Gasteiger partial charge on any atom is -0.422 e. The minimum absolute atomic E-state index is 0.130. The highest BCUT2D eigenvalue weighted by Crippen LogP contribution is 2.40. The van der Waals surface area contributed by atoms with Gasteiger partial charge in [-0.25, -0.2) is 20.6 Å². The van der Waals surface area contributed by atoms with Crippen molar-refractivity contribution in [1.29, 1.82) is 0 Å². The summed E-state index contributed by atoms with van der Waals surface area (Å²) in [6.07, 6.45) is 5.55. The average molecular weight is 340 g/mol. The lowest BCUT2D eigenvalue weighted by Gasteiger charge is -2.28. The summed E-state index contributed by atoms with van der Waals surface area (Å²) in [5.74, 6) is 5.26. The highest BCUT2D eigenvalue weighted by atomic mass is 31.2. The van der Waals surface area contributed by atoms with Gasteiger partial charge in [0.2, 0.25) is 5.91 Å². The van der Waals surface area contributed by atoms with Crippen LogP contribution in [0.2, 0.25) is 0 Å². The SMILES string of the molecule is NNC(=O)CCNP(=O)(NC1CCCCC1)Oc1ccccc1. The molecule has 1 aliphatic rings. The van der Waals surface area contributed by atoms with Gasteiger partial charge in [-0.1, -0.05) is 37.5 Å². The summed E-state index contributed by atoms with van der Waals surface area (Å²) < 4.78 is 18.8. The van der Waals surface area contributed by atoms with Crippen molar-refractivity contribution in [3.8, 4) is 5.75 Å². The smallest absolute Gasteiger partial charge is 0.390 e. The second-order valence-electron chi connectivity index (χ2n) is 5.65. The van der Waals surface area contributed by atoms with Gasteiger partial charge in [-0.2, -0.15) is 0 Å². The van der Waals surface area contributed by atoms with Gasteiger partial charge in [0.05, 0.1) is 0 Å². The van der Waals surface area contributed by atoms with Crippen molar-refractivity contribution >= 4 is 13.6 Å². The largest absolute Gasteiger partial charge is 0.422 e. The number of nitrogens with two attached hydrogens (primary N) is 1. The number of hydrogen-bond acceptors (Lipinski definition) is 4. The summed E-state index contributed by atoms with van der Waals surface area (Å²) in [4.78, 5) is 11.2. The first-order chi connectivity index (χ1) is 11.1. The second kappa shape index (κ2) is 9.03. The Morgan fingerprint density at radius 1 is 1.22 bits per heavy atom. The first-order valence-electron chi connectivity index (χ1n) is 7.98. The van der Waals surface area contributed by atoms with Gasteiger partial charge in [0.1, 0.15) is 5.75 Å². The monoisotopic (exact) mass is 340 g/mol. The van der Waals surface area contributed by atoms with Gasteiger partial charge in [0.15, 0.2) is 0 Å². The molecule has 23 heavy (non-hydrogen) atoms. The third-order valence-electron chi connectivity index (χ3n) is 3.77. The first kappa shape index (κ1) is 17.9. The molecule has 1 aliphatic carbocycles. The molecule has 2 rings (SSSR count). The number of hydrogen-bond donors (Lipinski definition) is 4. The Balaban J connectivity index is 1.99. The second-order valence-corrected chi connectivity index (χ2v) is 7.51. The van der Waals surface area contributed by atoms with E-state index in [1.165, 1.54) is 6.42 Å². The topological polar surface area (TPSA) is 105 Å². The molecule has 0 aliphatic heterocycles. The molecule has 1 aromatic rings. The van der Waals surface area contributed by atoms with Crippen LogP contribution in [0.5, 0.6) is 5.75 Å². The number of hydrazine groups is 1. The van der Waals surface area contributed by atoms with Crippen LogP contribution in [0, 0.1) is 0 Å². The van der Waals surface area contributed by atoms with Crippen molar-refractivity contribution in [2.75, 3.05) is 6.54 Å². The van der Waals surface area contributed by atoms with Crippen molar-refractivity contribution in [3.63, 3.8) is 0 Å². The zero-order valence-electron chi connectivity index (χ0n) is 13.2. The Labute approximate surface area is 136 Å². The van der Waals surface area contributed by atoms with Crippen LogP contribution in [0.3, 0.4) is 0 Å². The predicted octanol–water partition coefficient (Wildman–Crippen LogP) is 2.07. The van der Waals surface area contributed by atoms with Crippen LogP contribution in [0.4, 0.5) is 0 Å². The number of amides is 1. The van der Waals surface area contributed by atoms with Gasteiger partial charge in [0, 0.05) is 19.0 Å². The molecule has 0 spiro atoms. The third-order valence-corrected chi connectivity index (χ3v) is 5.58. The van der Waals surface area contributed by atoms with E-state index >= 15 is 0 Å². The van der Waals surface area contributed by atoms with E-state index in [1.807, 2.05) is 18.2 Å². The van der Waals surface area contributed by atoms with E-state index in [9.17, 15) is 9.36 Å². The minimum atomic E-state index is -3.30. The zero-order chi connectivity index (χ0) is 16.5. The third kappa shape index (κ3) is 6.31. The van der Waals surface area contributed by atoms with E-state index in [-0.39, 0.29) is 24.9 Å². The fourth-order valence-corrected chi connectivity index (χ4v) is 4.37. The average Bonchev–Trinajstić information content (AvgIpc) is 2.56. The van der Waals surface area contributed by atoms with Crippen molar-refractivity contribution in [1.82, 2.24) is 15.6 Å². The standard InChI is InChI=1S/C15H25N4O3P/c16-18-15(20)11-12-17-23(21,19-13-7-3-1-4-8-13)22-14-9-5-2-6-10-14/h2,5-6,9-10,13H,1,3-4,7-8,11-12,16H2,(H,18,20)(H2,17,19,21). The number of carbonyl (C=O) groups is 1. The van der Waals surface area contributed by atoms with E-state index in [0.29, 0.717) is 5.75 Å². The molecule has 1 amide bonds. The van der Waals surface area contributed by atoms with Crippen LogP contribution < -0.4 is 26.0 Å². The van der Waals surface area contributed by atoms with E-state index in [1.54, 1.807) is 12.1 Å². The maximum atomic E-state index is 13.1. The number of carbonyl (C=O) groups excluding carboxylic acids is 1. The molecule has 0 aromatic heterocycles. The Bertz CT molecular complexity index is 535. The molecule has 128 valence electrons. The first-order valence-corrected chi connectivity index (χ1v) is 9.61. The van der Waals surface area contributed by atoms with Gasteiger partial charge in [-0.3, -0.25) is 10.2 Å².